The van der Waals surface area contributed by atoms with Gasteiger partial charge in [0.2, 0.25) is 0 Å². The summed E-state index contributed by atoms with van der Waals surface area (Å²) in [4.78, 5) is 21.5. The fourth-order valence-corrected chi connectivity index (χ4v) is 3.53. The van der Waals surface area contributed by atoms with E-state index in [1.54, 1.807) is 6.20 Å². The number of carbonyl (C=O) groups excluding carboxylic acids is 1. The molecule has 27 heavy (non-hydrogen) atoms. The first-order valence-electron chi connectivity index (χ1n) is 9.95. The highest BCUT2D eigenvalue weighted by Crippen LogP contribution is 2.28. The average Bonchev–Trinajstić information content (AvgIpc) is 3.49. The van der Waals surface area contributed by atoms with Crippen LogP contribution >= 0.6 is 24.8 Å². The van der Waals surface area contributed by atoms with Gasteiger partial charge in [-0.2, -0.15) is 0 Å². The quantitative estimate of drug-likeness (QED) is 0.700. The zero-order valence-corrected chi connectivity index (χ0v) is 18.2. The van der Waals surface area contributed by atoms with Crippen molar-refractivity contribution in [3.05, 3.63) is 23.9 Å². The number of likely N-dealkylation sites (tertiary alicyclic amines) is 1. The smallest absolute Gasteiger partial charge is 0.255 e. The Morgan fingerprint density at radius 3 is 2.41 bits per heavy atom. The lowest BCUT2D eigenvalue weighted by Crippen LogP contribution is -2.45. The minimum Gasteiger partial charge on any atom is -0.357 e. The van der Waals surface area contributed by atoms with Crippen LogP contribution in [0.15, 0.2) is 18.3 Å². The van der Waals surface area contributed by atoms with Crippen molar-refractivity contribution in [2.45, 2.75) is 52.0 Å². The summed E-state index contributed by atoms with van der Waals surface area (Å²) in [7, 11) is 0. The van der Waals surface area contributed by atoms with Crippen molar-refractivity contribution in [2.75, 3.05) is 37.6 Å². The Labute approximate surface area is 176 Å². The van der Waals surface area contributed by atoms with E-state index in [1.165, 1.54) is 12.8 Å². The molecule has 0 aromatic carbocycles. The number of amides is 1. The van der Waals surface area contributed by atoms with Crippen LogP contribution in [-0.2, 0) is 0 Å². The number of nitrogens with one attached hydrogen (secondary N) is 1. The predicted octanol–water partition coefficient (Wildman–Crippen LogP) is 3.77. The van der Waals surface area contributed by atoms with Crippen LogP contribution in [-0.4, -0.2) is 54.6 Å². The molecule has 2 heterocycles. The second-order valence-electron chi connectivity index (χ2n) is 7.40. The van der Waals surface area contributed by atoms with Gasteiger partial charge in [0.05, 0.1) is 5.56 Å². The lowest BCUT2D eigenvalue weighted by atomic mass is 10.0. The van der Waals surface area contributed by atoms with E-state index in [0.29, 0.717) is 11.6 Å². The normalized spacial score (nSPS) is 17.0. The molecule has 0 spiro atoms. The van der Waals surface area contributed by atoms with Crippen molar-refractivity contribution in [2.24, 2.45) is 5.92 Å². The van der Waals surface area contributed by atoms with Gasteiger partial charge in [-0.25, -0.2) is 4.98 Å². The first-order chi connectivity index (χ1) is 12.2. The standard InChI is InChI=1S/C20H32N4O.2ClH/c1-3-11-23(4-2)19-8-7-17(15-22-19)20(25)24-12-9-18(10-13-24)21-14-16-5-6-16;;/h7-8,15-16,18,21H,3-6,9-14H2,1-2H3;2*1H. The molecule has 0 unspecified atom stereocenters. The van der Waals surface area contributed by atoms with Gasteiger partial charge in [-0.1, -0.05) is 6.92 Å². The van der Waals surface area contributed by atoms with Gasteiger partial charge < -0.3 is 15.1 Å². The van der Waals surface area contributed by atoms with Crippen LogP contribution in [0.3, 0.4) is 0 Å². The molecule has 7 heteroatoms. The molecule has 1 aliphatic heterocycles. The number of hydrogen-bond donors (Lipinski definition) is 1. The average molecular weight is 417 g/mol. The molecule has 1 saturated heterocycles. The maximum atomic E-state index is 12.7. The highest BCUT2D eigenvalue weighted by atomic mass is 35.5. The first kappa shape index (κ1) is 24.0. The zero-order chi connectivity index (χ0) is 17.6. The molecule has 2 aliphatic rings. The van der Waals surface area contributed by atoms with E-state index < -0.39 is 0 Å². The number of piperidine rings is 1. The molecule has 0 atom stereocenters. The first-order valence-corrected chi connectivity index (χ1v) is 9.95. The molecular formula is C20H34Cl2N4O. The third kappa shape index (κ3) is 6.81. The van der Waals surface area contributed by atoms with Crippen LogP contribution in [0.1, 0.15) is 56.3 Å². The maximum absolute atomic E-state index is 12.7. The number of rotatable bonds is 8. The zero-order valence-electron chi connectivity index (χ0n) is 16.5. The number of nitrogens with zero attached hydrogens (tertiary/aromatic N) is 3. The van der Waals surface area contributed by atoms with E-state index in [4.69, 9.17) is 0 Å². The molecule has 0 radical (unpaired) electrons. The number of pyridine rings is 1. The van der Waals surface area contributed by atoms with Gasteiger partial charge in [-0.15, -0.1) is 24.8 Å². The van der Waals surface area contributed by atoms with Crippen LogP contribution < -0.4 is 10.2 Å². The Kier molecular flexibility index (Phi) is 10.4. The second-order valence-corrected chi connectivity index (χ2v) is 7.40. The van der Waals surface area contributed by atoms with Crippen molar-refractivity contribution >= 4 is 36.5 Å². The third-order valence-electron chi connectivity index (χ3n) is 5.37. The largest absolute Gasteiger partial charge is 0.357 e. The Hall–Kier alpha value is -1.04. The molecule has 154 valence electrons. The Morgan fingerprint density at radius 1 is 1.19 bits per heavy atom. The van der Waals surface area contributed by atoms with Gasteiger partial charge in [-0.05, 0) is 63.6 Å². The monoisotopic (exact) mass is 416 g/mol. The van der Waals surface area contributed by atoms with Crippen molar-refractivity contribution in [1.82, 2.24) is 15.2 Å². The van der Waals surface area contributed by atoms with Crippen LogP contribution in [0.5, 0.6) is 0 Å². The highest BCUT2D eigenvalue weighted by Gasteiger charge is 2.26. The molecule has 0 bridgehead atoms. The van der Waals surface area contributed by atoms with E-state index in [1.807, 2.05) is 17.0 Å². The van der Waals surface area contributed by atoms with Gasteiger partial charge in [-0.3, -0.25) is 4.79 Å². The summed E-state index contributed by atoms with van der Waals surface area (Å²) in [5, 5.41) is 3.67. The van der Waals surface area contributed by atoms with Crippen LogP contribution in [0.4, 0.5) is 5.82 Å². The van der Waals surface area contributed by atoms with Gasteiger partial charge in [0.25, 0.3) is 5.91 Å². The van der Waals surface area contributed by atoms with Crippen molar-refractivity contribution in [3.8, 4) is 0 Å². The van der Waals surface area contributed by atoms with Gasteiger partial charge >= 0.3 is 0 Å². The number of hydrogen-bond acceptors (Lipinski definition) is 4. The van der Waals surface area contributed by atoms with Crippen molar-refractivity contribution in [3.63, 3.8) is 0 Å². The topological polar surface area (TPSA) is 48.5 Å². The number of halogens is 2. The fraction of sp³-hybridized carbons (Fsp3) is 0.700. The van der Waals surface area contributed by atoms with Gasteiger partial charge in [0.1, 0.15) is 5.82 Å². The number of anilines is 1. The third-order valence-corrected chi connectivity index (χ3v) is 5.37. The predicted molar refractivity (Wildman–Crippen MR) is 117 cm³/mol. The summed E-state index contributed by atoms with van der Waals surface area (Å²) in [6.45, 7) is 9.10. The molecule has 1 aromatic rings. The second kappa shape index (κ2) is 11.7. The Morgan fingerprint density at radius 2 is 1.89 bits per heavy atom. The molecule has 1 amide bonds. The van der Waals surface area contributed by atoms with Gasteiger partial charge in [0, 0.05) is 38.4 Å². The maximum Gasteiger partial charge on any atom is 0.255 e. The van der Waals surface area contributed by atoms with Crippen molar-refractivity contribution < 1.29 is 4.79 Å². The summed E-state index contributed by atoms with van der Waals surface area (Å²) in [5.41, 5.74) is 0.709. The van der Waals surface area contributed by atoms with Crippen LogP contribution in [0.25, 0.3) is 0 Å². The van der Waals surface area contributed by atoms with E-state index in [0.717, 1.165) is 63.7 Å². The SMILES string of the molecule is CCCN(CC)c1ccc(C(=O)N2CCC(NCC3CC3)CC2)cn1.Cl.Cl. The molecule has 1 aromatic heterocycles. The lowest BCUT2D eigenvalue weighted by molar-refractivity contribution is 0.0704. The number of carbonyl (C=O) groups is 1. The molecule has 5 nitrogen and oxygen atoms in total. The van der Waals surface area contributed by atoms with Crippen LogP contribution in [0, 0.1) is 5.92 Å². The fourth-order valence-electron chi connectivity index (χ4n) is 3.53. The molecular weight excluding hydrogens is 383 g/mol. The summed E-state index contributed by atoms with van der Waals surface area (Å²) < 4.78 is 0. The van der Waals surface area contributed by atoms with E-state index in [-0.39, 0.29) is 30.7 Å². The summed E-state index contributed by atoms with van der Waals surface area (Å²) in [5.74, 6) is 2.00. The lowest BCUT2D eigenvalue weighted by Gasteiger charge is -2.32. The number of aromatic nitrogens is 1. The van der Waals surface area contributed by atoms with Crippen molar-refractivity contribution in [1.29, 1.82) is 0 Å². The molecule has 2 fully saturated rings. The molecule has 1 N–H and O–H groups in total. The molecule has 1 aliphatic carbocycles. The Balaban J connectivity index is 0.00000182. The summed E-state index contributed by atoms with van der Waals surface area (Å²) in [6, 6.07) is 4.49. The summed E-state index contributed by atoms with van der Waals surface area (Å²) in [6.07, 6.45) is 7.74. The van der Waals surface area contributed by atoms with E-state index in [2.05, 4.69) is 29.0 Å². The minimum absolute atomic E-state index is 0. The minimum atomic E-state index is 0. The Bertz CT molecular complexity index is 558. The summed E-state index contributed by atoms with van der Waals surface area (Å²) >= 11 is 0. The molecule has 1 saturated carbocycles. The van der Waals surface area contributed by atoms with Gasteiger partial charge in [0.15, 0.2) is 0 Å². The highest BCUT2D eigenvalue weighted by molar-refractivity contribution is 5.94. The molecule has 3 rings (SSSR count). The van der Waals surface area contributed by atoms with Crippen LogP contribution in [0.2, 0.25) is 0 Å². The van der Waals surface area contributed by atoms with E-state index >= 15 is 0 Å². The van der Waals surface area contributed by atoms with E-state index in [9.17, 15) is 4.79 Å².